The van der Waals surface area contributed by atoms with Crippen molar-refractivity contribution in [1.82, 2.24) is 14.9 Å². The summed E-state index contributed by atoms with van der Waals surface area (Å²) in [5, 5.41) is 5.76. The smallest absolute Gasteiger partial charge is 0.319 e. The first-order valence-corrected chi connectivity index (χ1v) is 9.68. The summed E-state index contributed by atoms with van der Waals surface area (Å²) in [5.41, 5.74) is 2.58. The van der Waals surface area contributed by atoms with Crippen LogP contribution in [0.2, 0.25) is 0 Å². The molecule has 28 heavy (non-hydrogen) atoms. The van der Waals surface area contributed by atoms with Crippen molar-refractivity contribution >= 4 is 11.7 Å². The molecule has 1 aromatic heterocycles. The van der Waals surface area contributed by atoms with Crippen molar-refractivity contribution in [3.63, 3.8) is 0 Å². The molecule has 3 aromatic rings. The van der Waals surface area contributed by atoms with Gasteiger partial charge < -0.3 is 19.9 Å². The maximum Gasteiger partial charge on any atom is 0.319 e. The lowest BCUT2D eigenvalue weighted by molar-refractivity contribution is 0.247. The lowest BCUT2D eigenvalue weighted by Crippen LogP contribution is -2.32. The average molecular weight is 376 g/mol. The Bertz CT molecular complexity index is 913. The van der Waals surface area contributed by atoms with Gasteiger partial charge in [0.25, 0.3) is 0 Å². The van der Waals surface area contributed by atoms with Crippen LogP contribution in [0.3, 0.4) is 0 Å². The molecule has 0 aliphatic carbocycles. The standard InChI is InChI=1S/C22H24N4O2/c27-22(23-13-15-28-17-8-2-1-3-9-17)25-19-11-5-4-10-18(19)20-16-26-14-7-6-12-21(26)24-20/h1-5,8-11,16H,6-7,12-15H2,(H2,23,25,27). The van der Waals surface area contributed by atoms with Gasteiger partial charge in [0.1, 0.15) is 18.2 Å². The van der Waals surface area contributed by atoms with Gasteiger partial charge in [-0.25, -0.2) is 9.78 Å². The van der Waals surface area contributed by atoms with E-state index in [1.807, 2.05) is 54.6 Å². The second-order valence-corrected chi connectivity index (χ2v) is 6.78. The lowest BCUT2D eigenvalue weighted by Gasteiger charge is -2.12. The molecule has 0 saturated carbocycles. The number of hydrogen-bond donors (Lipinski definition) is 2. The molecule has 0 unspecified atom stereocenters. The van der Waals surface area contributed by atoms with Gasteiger partial charge >= 0.3 is 6.03 Å². The summed E-state index contributed by atoms with van der Waals surface area (Å²) in [6, 6.07) is 17.1. The van der Waals surface area contributed by atoms with E-state index in [-0.39, 0.29) is 6.03 Å². The fourth-order valence-electron chi connectivity index (χ4n) is 3.37. The minimum absolute atomic E-state index is 0.256. The molecule has 0 bridgehead atoms. The zero-order chi connectivity index (χ0) is 19.2. The number of carbonyl (C=O) groups excluding carboxylic acids is 1. The molecule has 0 atom stereocenters. The second kappa shape index (κ2) is 8.61. The number of benzene rings is 2. The Kier molecular flexibility index (Phi) is 5.56. The van der Waals surface area contributed by atoms with Gasteiger partial charge in [0.2, 0.25) is 0 Å². The number of hydrogen-bond acceptors (Lipinski definition) is 3. The molecule has 2 N–H and O–H groups in total. The second-order valence-electron chi connectivity index (χ2n) is 6.78. The van der Waals surface area contributed by atoms with E-state index >= 15 is 0 Å². The number of imidazole rings is 1. The first-order valence-electron chi connectivity index (χ1n) is 9.68. The van der Waals surface area contributed by atoms with Gasteiger partial charge in [-0.05, 0) is 31.0 Å². The minimum Gasteiger partial charge on any atom is -0.492 e. The quantitative estimate of drug-likeness (QED) is 0.637. The predicted octanol–water partition coefficient (Wildman–Crippen LogP) is 4.09. The number of para-hydroxylation sites is 2. The van der Waals surface area contributed by atoms with Crippen LogP contribution in [0.1, 0.15) is 18.7 Å². The van der Waals surface area contributed by atoms with Crippen LogP contribution in [-0.4, -0.2) is 28.7 Å². The fraction of sp³-hybridized carbons (Fsp3) is 0.273. The molecule has 2 aromatic carbocycles. The summed E-state index contributed by atoms with van der Waals surface area (Å²) >= 11 is 0. The molecule has 0 saturated heterocycles. The first-order chi connectivity index (χ1) is 13.8. The third-order valence-electron chi connectivity index (χ3n) is 4.76. The number of carbonyl (C=O) groups is 1. The Morgan fingerprint density at radius 3 is 2.75 bits per heavy atom. The number of aryl methyl sites for hydroxylation is 2. The SMILES string of the molecule is O=C(NCCOc1ccccc1)Nc1ccccc1-c1cn2c(n1)CCCC2. The maximum absolute atomic E-state index is 12.3. The highest BCUT2D eigenvalue weighted by Crippen LogP contribution is 2.28. The summed E-state index contributed by atoms with van der Waals surface area (Å²) in [7, 11) is 0. The Balaban J connectivity index is 1.35. The molecule has 1 aliphatic heterocycles. The van der Waals surface area contributed by atoms with E-state index in [1.54, 1.807) is 0 Å². The maximum atomic E-state index is 12.3. The monoisotopic (exact) mass is 376 g/mol. The van der Waals surface area contributed by atoms with Crippen molar-refractivity contribution in [3.8, 4) is 17.0 Å². The molecule has 2 amide bonds. The Morgan fingerprint density at radius 2 is 1.89 bits per heavy atom. The molecular weight excluding hydrogens is 352 g/mol. The van der Waals surface area contributed by atoms with E-state index in [2.05, 4.69) is 21.4 Å². The highest BCUT2D eigenvalue weighted by molar-refractivity contribution is 5.93. The molecular formula is C22H24N4O2. The zero-order valence-corrected chi connectivity index (χ0v) is 15.7. The summed E-state index contributed by atoms with van der Waals surface area (Å²) in [5.74, 6) is 1.91. The molecule has 2 heterocycles. The largest absolute Gasteiger partial charge is 0.492 e. The summed E-state index contributed by atoms with van der Waals surface area (Å²) < 4.78 is 7.81. The highest BCUT2D eigenvalue weighted by atomic mass is 16.5. The highest BCUT2D eigenvalue weighted by Gasteiger charge is 2.15. The van der Waals surface area contributed by atoms with Crippen LogP contribution in [-0.2, 0) is 13.0 Å². The van der Waals surface area contributed by atoms with E-state index in [0.717, 1.165) is 41.5 Å². The van der Waals surface area contributed by atoms with Crippen LogP contribution in [0.15, 0.2) is 60.8 Å². The van der Waals surface area contributed by atoms with E-state index in [0.29, 0.717) is 13.2 Å². The van der Waals surface area contributed by atoms with E-state index in [1.165, 1.54) is 12.8 Å². The van der Waals surface area contributed by atoms with Crippen LogP contribution in [0.5, 0.6) is 5.75 Å². The zero-order valence-electron chi connectivity index (χ0n) is 15.7. The molecule has 6 heteroatoms. The average Bonchev–Trinajstić information content (AvgIpc) is 3.16. The van der Waals surface area contributed by atoms with E-state index < -0.39 is 0 Å². The number of nitrogens with one attached hydrogen (secondary N) is 2. The third kappa shape index (κ3) is 4.34. The molecule has 1 aliphatic rings. The van der Waals surface area contributed by atoms with E-state index in [4.69, 9.17) is 9.72 Å². The van der Waals surface area contributed by atoms with Crippen LogP contribution < -0.4 is 15.4 Å². The Labute approximate surface area is 164 Å². The number of urea groups is 1. The molecule has 144 valence electrons. The molecule has 0 radical (unpaired) electrons. The molecule has 6 nitrogen and oxygen atoms in total. The van der Waals surface area contributed by atoms with Crippen LogP contribution in [0.4, 0.5) is 10.5 Å². The summed E-state index contributed by atoms with van der Waals surface area (Å²) in [6.07, 6.45) is 5.47. The number of aromatic nitrogens is 2. The van der Waals surface area contributed by atoms with Crippen LogP contribution in [0, 0.1) is 0 Å². The van der Waals surface area contributed by atoms with Gasteiger partial charge in [0, 0.05) is 24.7 Å². The van der Waals surface area contributed by atoms with Crippen molar-refractivity contribution < 1.29 is 9.53 Å². The number of ether oxygens (including phenoxy) is 1. The van der Waals surface area contributed by atoms with Crippen LogP contribution >= 0.6 is 0 Å². The number of nitrogens with zero attached hydrogens (tertiary/aromatic N) is 2. The Hall–Kier alpha value is -3.28. The van der Waals surface area contributed by atoms with Gasteiger partial charge in [0.05, 0.1) is 17.9 Å². The molecule has 0 fully saturated rings. The van der Waals surface area contributed by atoms with Crippen molar-refractivity contribution in [3.05, 3.63) is 66.6 Å². The summed E-state index contributed by atoms with van der Waals surface area (Å²) in [6.45, 7) is 1.84. The topological polar surface area (TPSA) is 68.2 Å². The molecule has 0 spiro atoms. The van der Waals surface area contributed by atoms with Gasteiger partial charge in [-0.3, -0.25) is 0 Å². The number of fused-ring (bicyclic) bond motifs is 1. The normalized spacial score (nSPS) is 12.9. The first kappa shape index (κ1) is 18.1. The van der Waals surface area contributed by atoms with E-state index in [9.17, 15) is 4.79 Å². The van der Waals surface area contributed by atoms with Gasteiger partial charge in [-0.1, -0.05) is 36.4 Å². The van der Waals surface area contributed by atoms with Crippen molar-refractivity contribution in [1.29, 1.82) is 0 Å². The lowest BCUT2D eigenvalue weighted by atomic mass is 10.1. The number of amides is 2. The van der Waals surface area contributed by atoms with Gasteiger partial charge in [0.15, 0.2) is 0 Å². The number of anilines is 1. The number of rotatable bonds is 6. The fourth-order valence-corrected chi connectivity index (χ4v) is 3.37. The third-order valence-corrected chi connectivity index (χ3v) is 4.76. The van der Waals surface area contributed by atoms with Crippen molar-refractivity contribution in [2.24, 2.45) is 0 Å². The predicted molar refractivity (Wildman–Crippen MR) is 110 cm³/mol. The van der Waals surface area contributed by atoms with Crippen molar-refractivity contribution in [2.45, 2.75) is 25.8 Å². The minimum atomic E-state index is -0.256. The van der Waals surface area contributed by atoms with Gasteiger partial charge in [-0.15, -0.1) is 0 Å². The Morgan fingerprint density at radius 1 is 1.07 bits per heavy atom. The van der Waals surface area contributed by atoms with Crippen molar-refractivity contribution in [2.75, 3.05) is 18.5 Å². The summed E-state index contributed by atoms with van der Waals surface area (Å²) in [4.78, 5) is 17.1. The van der Waals surface area contributed by atoms with Crippen LogP contribution in [0.25, 0.3) is 11.3 Å². The van der Waals surface area contributed by atoms with Gasteiger partial charge in [-0.2, -0.15) is 0 Å². The molecule has 4 rings (SSSR count).